The Bertz CT molecular complexity index is 420. The maximum absolute atomic E-state index is 13.6. The van der Waals surface area contributed by atoms with Gasteiger partial charge in [0.1, 0.15) is 11.6 Å². The zero-order chi connectivity index (χ0) is 13.1. The van der Waals surface area contributed by atoms with Gasteiger partial charge in [-0.15, -0.1) is 0 Å². The van der Waals surface area contributed by atoms with Gasteiger partial charge in [-0.1, -0.05) is 0 Å². The molecule has 1 aliphatic rings. The van der Waals surface area contributed by atoms with Crippen molar-refractivity contribution in [3.8, 4) is 0 Å². The smallest absolute Gasteiger partial charge is 0.149 e. The second kappa shape index (κ2) is 5.97. The molecule has 1 saturated heterocycles. The fourth-order valence-electron chi connectivity index (χ4n) is 2.34. The minimum Gasteiger partial charge on any atom is -0.380 e. The molecular formula is C13H17BrF2N2. The lowest BCUT2D eigenvalue weighted by Gasteiger charge is -2.20. The molecule has 0 saturated carbocycles. The van der Waals surface area contributed by atoms with Crippen molar-refractivity contribution in [3.63, 3.8) is 0 Å². The molecule has 1 fully saturated rings. The Hall–Kier alpha value is -0.680. The van der Waals surface area contributed by atoms with Crippen LogP contribution in [-0.2, 0) is 0 Å². The molecule has 2 unspecified atom stereocenters. The Morgan fingerprint density at radius 3 is 2.89 bits per heavy atom. The van der Waals surface area contributed by atoms with Crippen molar-refractivity contribution in [1.82, 2.24) is 5.32 Å². The van der Waals surface area contributed by atoms with Gasteiger partial charge in [0, 0.05) is 18.2 Å². The van der Waals surface area contributed by atoms with Gasteiger partial charge in [0.05, 0.1) is 10.2 Å². The average molecular weight is 319 g/mol. The highest BCUT2D eigenvalue weighted by Gasteiger charge is 2.18. The SMILES string of the molecule is CC(CC1CCCN1)Nc1cc(Br)c(F)cc1F. The molecule has 1 aliphatic heterocycles. The van der Waals surface area contributed by atoms with Crippen LogP contribution in [0, 0.1) is 11.6 Å². The Morgan fingerprint density at radius 1 is 1.44 bits per heavy atom. The van der Waals surface area contributed by atoms with Crippen LogP contribution in [0.3, 0.4) is 0 Å². The van der Waals surface area contributed by atoms with Crippen molar-refractivity contribution < 1.29 is 8.78 Å². The molecule has 1 aromatic carbocycles. The average Bonchev–Trinajstić information content (AvgIpc) is 2.78. The van der Waals surface area contributed by atoms with Crippen LogP contribution >= 0.6 is 15.9 Å². The highest BCUT2D eigenvalue weighted by Crippen LogP contribution is 2.25. The Balaban J connectivity index is 1.97. The highest BCUT2D eigenvalue weighted by molar-refractivity contribution is 9.10. The van der Waals surface area contributed by atoms with Gasteiger partial charge in [0.25, 0.3) is 0 Å². The second-order valence-corrected chi connectivity index (χ2v) is 5.67. The number of anilines is 1. The van der Waals surface area contributed by atoms with Crippen LogP contribution in [0.4, 0.5) is 14.5 Å². The molecule has 0 aliphatic carbocycles. The van der Waals surface area contributed by atoms with Crippen LogP contribution in [0.25, 0.3) is 0 Å². The Kier molecular flexibility index (Phi) is 4.56. The summed E-state index contributed by atoms with van der Waals surface area (Å²) in [7, 11) is 0. The van der Waals surface area contributed by atoms with Gasteiger partial charge in [0.15, 0.2) is 0 Å². The van der Waals surface area contributed by atoms with E-state index in [0.29, 0.717) is 11.7 Å². The topological polar surface area (TPSA) is 24.1 Å². The van der Waals surface area contributed by atoms with E-state index in [2.05, 4.69) is 26.6 Å². The maximum Gasteiger partial charge on any atom is 0.149 e. The number of hydrogen-bond acceptors (Lipinski definition) is 2. The molecule has 0 amide bonds. The molecule has 0 spiro atoms. The van der Waals surface area contributed by atoms with Crippen LogP contribution in [0.5, 0.6) is 0 Å². The number of rotatable bonds is 4. The van der Waals surface area contributed by atoms with Gasteiger partial charge in [-0.3, -0.25) is 0 Å². The first-order valence-corrected chi connectivity index (χ1v) is 7.00. The van der Waals surface area contributed by atoms with Crippen molar-refractivity contribution in [3.05, 3.63) is 28.2 Å². The van der Waals surface area contributed by atoms with Gasteiger partial charge in [-0.25, -0.2) is 8.78 Å². The van der Waals surface area contributed by atoms with E-state index >= 15 is 0 Å². The summed E-state index contributed by atoms with van der Waals surface area (Å²) in [6.07, 6.45) is 3.31. The van der Waals surface area contributed by atoms with E-state index < -0.39 is 11.6 Å². The summed E-state index contributed by atoms with van der Waals surface area (Å²) in [5.74, 6) is -1.13. The summed E-state index contributed by atoms with van der Waals surface area (Å²) in [6.45, 7) is 3.07. The van der Waals surface area contributed by atoms with E-state index in [4.69, 9.17) is 0 Å². The van der Waals surface area contributed by atoms with Gasteiger partial charge in [-0.05, 0) is 54.7 Å². The Labute approximate surface area is 114 Å². The molecule has 0 radical (unpaired) electrons. The molecule has 2 atom stereocenters. The number of halogens is 3. The summed E-state index contributed by atoms with van der Waals surface area (Å²) in [5, 5.41) is 6.50. The van der Waals surface area contributed by atoms with Crippen LogP contribution in [0.1, 0.15) is 26.2 Å². The first-order valence-electron chi connectivity index (χ1n) is 6.20. The number of benzene rings is 1. The quantitative estimate of drug-likeness (QED) is 0.828. The molecule has 2 rings (SSSR count). The van der Waals surface area contributed by atoms with Gasteiger partial charge in [-0.2, -0.15) is 0 Å². The predicted octanol–water partition coefficient (Wildman–Crippen LogP) is 3.67. The van der Waals surface area contributed by atoms with Gasteiger partial charge < -0.3 is 10.6 Å². The molecule has 100 valence electrons. The van der Waals surface area contributed by atoms with Crippen molar-refractivity contribution in [1.29, 1.82) is 0 Å². The van der Waals surface area contributed by atoms with Crippen LogP contribution in [0.15, 0.2) is 16.6 Å². The maximum atomic E-state index is 13.6. The summed E-state index contributed by atoms with van der Waals surface area (Å²) in [4.78, 5) is 0. The van der Waals surface area contributed by atoms with Crippen molar-refractivity contribution in [2.75, 3.05) is 11.9 Å². The molecule has 0 bridgehead atoms. The minimum atomic E-state index is -0.580. The molecule has 2 N–H and O–H groups in total. The lowest BCUT2D eigenvalue weighted by atomic mass is 10.1. The molecule has 5 heteroatoms. The lowest BCUT2D eigenvalue weighted by molar-refractivity contribution is 0.519. The lowest BCUT2D eigenvalue weighted by Crippen LogP contribution is -2.29. The van der Waals surface area contributed by atoms with E-state index in [-0.39, 0.29) is 10.5 Å². The molecular weight excluding hydrogens is 302 g/mol. The zero-order valence-electron chi connectivity index (χ0n) is 10.3. The summed E-state index contributed by atoms with van der Waals surface area (Å²) in [6, 6.07) is 2.99. The third-order valence-corrected chi connectivity index (χ3v) is 3.82. The number of nitrogens with one attached hydrogen (secondary N) is 2. The van der Waals surface area contributed by atoms with Crippen molar-refractivity contribution in [2.24, 2.45) is 0 Å². The van der Waals surface area contributed by atoms with E-state index in [1.165, 1.54) is 18.9 Å². The fourth-order valence-corrected chi connectivity index (χ4v) is 2.69. The molecule has 1 aromatic rings. The van der Waals surface area contributed by atoms with E-state index in [9.17, 15) is 8.78 Å². The zero-order valence-corrected chi connectivity index (χ0v) is 11.9. The van der Waals surface area contributed by atoms with Crippen molar-refractivity contribution >= 4 is 21.6 Å². The molecule has 0 aromatic heterocycles. The monoisotopic (exact) mass is 318 g/mol. The molecule has 1 heterocycles. The molecule has 18 heavy (non-hydrogen) atoms. The summed E-state index contributed by atoms with van der Waals surface area (Å²) >= 11 is 3.06. The third-order valence-electron chi connectivity index (χ3n) is 3.21. The van der Waals surface area contributed by atoms with E-state index in [1.54, 1.807) is 0 Å². The van der Waals surface area contributed by atoms with Gasteiger partial charge >= 0.3 is 0 Å². The fraction of sp³-hybridized carbons (Fsp3) is 0.538. The summed E-state index contributed by atoms with van der Waals surface area (Å²) in [5.41, 5.74) is 0.341. The van der Waals surface area contributed by atoms with Crippen LogP contribution < -0.4 is 10.6 Å². The third kappa shape index (κ3) is 3.42. The first-order chi connectivity index (χ1) is 8.56. The first kappa shape index (κ1) is 13.7. The van der Waals surface area contributed by atoms with Crippen molar-refractivity contribution in [2.45, 2.75) is 38.3 Å². The predicted molar refractivity (Wildman–Crippen MR) is 72.8 cm³/mol. The largest absolute Gasteiger partial charge is 0.380 e. The van der Waals surface area contributed by atoms with Crippen LogP contribution in [-0.4, -0.2) is 18.6 Å². The minimum absolute atomic E-state index is 0.146. The van der Waals surface area contributed by atoms with Crippen LogP contribution in [0.2, 0.25) is 0 Å². The summed E-state index contributed by atoms with van der Waals surface area (Å²) < 4.78 is 26.9. The standard InChI is InChI=1S/C13H17BrF2N2/c1-8(5-9-3-2-4-17-9)18-13-6-10(14)11(15)7-12(13)16/h6-9,17-18H,2-5H2,1H3. The molecule has 2 nitrogen and oxygen atoms in total. The van der Waals surface area contributed by atoms with E-state index in [0.717, 1.165) is 19.0 Å². The second-order valence-electron chi connectivity index (χ2n) is 4.82. The number of hydrogen-bond donors (Lipinski definition) is 2. The van der Waals surface area contributed by atoms with Gasteiger partial charge in [0.2, 0.25) is 0 Å². The van der Waals surface area contributed by atoms with E-state index in [1.807, 2.05) is 6.92 Å². The Morgan fingerprint density at radius 2 is 2.22 bits per heavy atom. The highest BCUT2D eigenvalue weighted by atomic mass is 79.9. The normalized spacial score (nSPS) is 21.0.